The molecule has 0 bridgehead atoms. The van der Waals surface area contributed by atoms with Crippen molar-refractivity contribution in [3.8, 4) is 6.07 Å². The van der Waals surface area contributed by atoms with Crippen LogP contribution in [0, 0.1) is 24.2 Å². The number of nitriles is 1. The molecule has 3 aromatic rings. The van der Waals surface area contributed by atoms with E-state index in [0.717, 1.165) is 23.4 Å². The average Bonchev–Trinajstić information content (AvgIpc) is 3.46. The van der Waals surface area contributed by atoms with Gasteiger partial charge in [0.1, 0.15) is 23.3 Å². The van der Waals surface area contributed by atoms with Crippen molar-refractivity contribution in [2.45, 2.75) is 32.7 Å². The molecular formula is C20H26N8O2. The van der Waals surface area contributed by atoms with Gasteiger partial charge in [-0.05, 0) is 19.4 Å². The Morgan fingerprint density at radius 2 is 2.23 bits per heavy atom. The van der Waals surface area contributed by atoms with Gasteiger partial charge in [0.2, 0.25) is 0 Å². The van der Waals surface area contributed by atoms with Crippen LogP contribution in [0.1, 0.15) is 35.5 Å². The highest BCUT2D eigenvalue weighted by atomic mass is 16.5. The van der Waals surface area contributed by atoms with Crippen molar-refractivity contribution in [2.75, 3.05) is 37.4 Å². The number of hydrogen-bond acceptors (Lipinski definition) is 8. The first-order valence-corrected chi connectivity index (χ1v) is 10.1. The van der Waals surface area contributed by atoms with Crippen LogP contribution in [0.2, 0.25) is 0 Å². The highest BCUT2D eigenvalue weighted by molar-refractivity contribution is 5.69. The largest absolute Gasteiger partial charge is 0.396 e. The average molecular weight is 410 g/mol. The van der Waals surface area contributed by atoms with Crippen LogP contribution in [0.5, 0.6) is 0 Å². The van der Waals surface area contributed by atoms with E-state index >= 15 is 0 Å². The summed E-state index contributed by atoms with van der Waals surface area (Å²) < 4.78 is 8.88. The smallest absolute Gasteiger partial charge is 0.163 e. The van der Waals surface area contributed by atoms with Crippen LogP contribution in [0.3, 0.4) is 0 Å². The third kappa shape index (κ3) is 3.46. The van der Waals surface area contributed by atoms with Crippen LogP contribution in [-0.4, -0.2) is 55.9 Å². The minimum absolute atomic E-state index is 0.0587. The molecule has 1 fully saturated rings. The first-order chi connectivity index (χ1) is 14.6. The zero-order valence-electron chi connectivity index (χ0n) is 17.2. The van der Waals surface area contributed by atoms with E-state index in [-0.39, 0.29) is 29.9 Å². The zero-order valence-corrected chi connectivity index (χ0v) is 17.2. The van der Waals surface area contributed by atoms with Crippen LogP contribution >= 0.6 is 0 Å². The van der Waals surface area contributed by atoms with Gasteiger partial charge in [-0.2, -0.15) is 20.0 Å². The molecular weight excluding hydrogens is 384 g/mol. The van der Waals surface area contributed by atoms with Gasteiger partial charge in [0.15, 0.2) is 5.65 Å². The number of aliphatic hydroxyl groups is 1. The van der Waals surface area contributed by atoms with E-state index in [4.69, 9.17) is 10.5 Å². The van der Waals surface area contributed by atoms with Crippen molar-refractivity contribution in [3.63, 3.8) is 0 Å². The number of nitrogen functional groups attached to an aromatic ring is 1. The van der Waals surface area contributed by atoms with Gasteiger partial charge in [-0.1, -0.05) is 6.92 Å². The van der Waals surface area contributed by atoms with E-state index in [9.17, 15) is 10.4 Å². The minimum atomic E-state index is 0.0587. The summed E-state index contributed by atoms with van der Waals surface area (Å²) in [5, 5.41) is 31.3. The molecule has 1 saturated heterocycles. The fraction of sp³-hybridized carbons (Fsp3) is 0.500. The second-order valence-corrected chi connectivity index (χ2v) is 7.50. The summed E-state index contributed by atoms with van der Waals surface area (Å²) in [6.07, 6.45) is 3.36. The molecule has 0 spiro atoms. The van der Waals surface area contributed by atoms with Crippen molar-refractivity contribution in [2.24, 2.45) is 5.92 Å². The number of hydrogen-bond donors (Lipinski definition) is 3. The number of ether oxygens (including phenoxy) is 1. The summed E-state index contributed by atoms with van der Waals surface area (Å²) in [5.41, 5.74) is 9.95. The van der Waals surface area contributed by atoms with E-state index in [0.29, 0.717) is 37.6 Å². The summed E-state index contributed by atoms with van der Waals surface area (Å²) in [6.45, 7) is 5.71. The number of aromatic nitrogens is 5. The topological polar surface area (TPSA) is 139 Å². The van der Waals surface area contributed by atoms with E-state index < -0.39 is 0 Å². The van der Waals surface area contributed by atoms with Crippen LogP contribution < -0.4 is 11.1 Å². The number of fused-ring (bicyclic) bond motifs is 1. The molecule has 4 N–H and O–H groups in total. The Bertz CT molecular complexity index is 1100. The van der Waals surface area contributed by atoms with Crippen molar-refractivity contribution >= 4 is 17.3 Å². The van der Waals surface area contributed by atoms with Gasteiger partial charge in [0.25, 0.3) is 0 Å². The summed E-state index contributed by atoms with van der Waals surface area (Å²) in [7, 11) is 0. The monoisotopic (exact) mass is 410 g/mol. The standard InChI is InChI=1S/C20H26N8O2/c1-3-15-12(2)25-28-18(22)16(8-21)19(24-20(15)28)23-6-4-14-5-7-27(26-14)17-11-30-10-13(17)9-29/h5,7,13,17,29H,3-4,6,9-11,22H2,1-2H3,(H,23,24). The predicted molar refractivity (Wildman–Crippen MR) is 111 cm³/mol. The maximum absolute atomic E-state index is 9.58. The van der Waals surface area contributed by atoms with E-state index in [1.54, 1.807) is 4.52 Å². The van der Waals surface area contributed by atoms with Crippen molar-refractivity contribution < 1.29 is 9.84 Å². The SMILES string of the molecule is CCc1c(C)nn2c(N)c(C#N)c(NCCc3ccn(C4COCC4CO)n3)nc12. The molecule has 4 rings (SSSR count). The Balaban J connectivity index is 1.50. The number of aryl methyl sites for hydroxylation is 2. The number of anilines is 2. The number of nitrogens with zero attached hydrogens (tertiary/aromatic N) is 6. The number of nitrogens with two attached hydrogens (primary N) is 1. The number of nitrogens with one attached hydrogen (secondary N) is 1. The molecule has 0 aromatic carbocycles. The lowest BCUT2D eigenvalue weighted by Crippen LogP contribution is -2.21. The Kier molecular flexibility index (Phi) is 5.57. The molecule has 0 amide bonds. The molecule has 158 valence electrons. The molecule has 0 aliphatic carbocycles. The fourth-order valence-corrected chi connectivity index (χ4v) is 3.93. The summed E-state index contributed by atoms with van der Waals surface area (Å²) in [5.74, 6) is 0.814. The molecule has 3 aromatic heterocycles. The number of aliphatic hydroxyl groups excluding tert-OH is 1. The molecule has 0 saturated carbocycles. The molecule has 2 unspecified atom stereocenters. The maximum Gasteiger partial charge on any atom is 0.163 e. The van der Waals surface area contributed by atoms with Gasteiger partial charge in [-0.15, -0.1) is 0 Å². The maximum atomic E-state index is 9.58. The normalized spacial score (nSPS) is 18.7. The summed E-state index contributed by atoms with van der Waals surface area (Å²) in [6, 6.07) is 4.15. The van der Waals surface area contributed by atoms with Crippen molar-refractivity contribution in [1.82, 2.24) is 24.4 Å². The highest BCUT2D eigenvalue weighted by Gasteiger charge is 2.29. The first kappa shape index (κ1) is 20.1. The Morgan fingerprint density at radius 3 is 2.97 bits per heavy atom. The van der Waals surface area contributed by atoms with E-state index in [1.165, 1.54) is 0 Å². The summed E-state index contributed by atoms with van der Waals surface area (Å²) >= 11 is 0. The molecule has 30 heavy (non-hydrogen) atoms. The third-order valence-electron chi connectivity index (χ3n) is 5.64. The predicted octanol–water partition coefficient (Wildman–Crippen LogP) is 1.08. The molecule has 0 radical (unpaired) electrons. The molecule has 4 heterocycles. The minimum Gasteiger partial charge on any atom is -0.396 e. The molecule has 1 aliphatic heterocycles. The van der Waals surface area contributed by atoms with E-state index in [2.05, 4.69) is 26.6 Å². The Morgan fingerprint density at radius 1 is 1.40 bits per heavy atom. The van der Waals surface area contributed by atoms with Gasteiger partial charge in [0.05, 0.1) is 37.3 Å². The van der Waals surface area contributed by atoms with Gasteiger partial charge in [-0.25, -0.2) is 4.98 Å². The van der Waals surface area contributed by atoms with Crippen LogP contribution in [0.4, 0.5) is 11.6 Å². The zero-order chi connectivity index (χ0) is 21.3. The van der Waals surface area contributed by atoms with Gasteiger partial charge >= 0.3 is 0 Å². The molecule has 10 nitrogen and oxygen atoms in total. The third-order valence-corrected chi connectivity index (χ3v) is 5.64. The lowest BCUT2D eigenvalue weighted by atomic mass is 10.1. The lowest BCUT2D eigenvalue weighted by Gasteiger charge is -2.15. The van der Waals surface area contributed by atoms with Crippen LogP contribution in [0.15, 0.2) is 12.3 Å². The molecule has 1 aliphatic rings. The van der Waals surface area contributed by atoms with Gasteiger partial charge in [0, 0.05) is 30.6 Å². The second-order valence-electron chi connectivity index (χ2n) is 7.50. The summed E-state index contributed by atoms with van der Waals surface area (Å²) in [4.78, 5) is 4.64. The van der Waals surface area contributed by atoms with Gasteiger partial charge < -0.3 is 20.9 Å². The Labute approximate surface area is 174 Å². The fourth-order valence-electron chi connectivity index (χ4n) is 3.93. The molecule has 10 heteroatoms. The van der Waals surface area contributed by atoms with Crippen molar-refractivity contribution in [1.29, 1.82) is 5.26 Å². The second kappa shape index (κ2) is 8.30. The first-order valence-electron chi connectivity index (χ1n) is 10.1. The lowest BCUT2D eigenvalue weighted by molar-refractivity contribution is 0.160. The van der Waals surface area contributed by atoms with Crippen LogP contribution in [-0.2, 0) is 17.6 Å². The molecule has 2 atom stereocenters. The highest BCUT2D eigenvalue weighted by Crippen LogP contribution is 2.26. The van der Waals surface area contributed by atoms with Crippen molar-refractivity contribution in [3.05, 3.63) is 34.8 Å². The van der Waals surface area contributed by atoms with Crippen LogP contribution in [0.25, 0.3) is 5.65 Å². The quantitative estimate of drug-likeness (QED) is 0.526. The van der Waals surface area contributed by atoms with Gasteiger partial charge in [-0.3, -0.25) is 4.68 Å². The van der Waals surface area contributed by atoms with E-state index in [1.807, 2.05) is 30.8 Å². The Hall–Kier alpha value is -3.16. The number of rotatable bonds is 7.